The van der Waals surface area contributed by atoms with E-state index in [4.69, 9.17) is 5.10 Å². The van der Waals surface area contributed by atoms with Gasteiger partial charge in [0.25, 0.3) is 12.0 Å². The van der Waals surface area contributed by atoms with Gasteiger partial charge in [0.2, 0.25) is 11.8 Å². The number of aromatic nitrogens is 5. The van der Waals surface area contributed by atoms with Crippen LogP contribution in [0.25, 0.3) is 33.1 Å². The number of imide groups is 1. The number of fused-ring (bicyclic) bond motifs is 3. The average molecular weight is 761 g/mol. The lowest BCUT2D eigenvalue weighted by atomic mass is 9.92. The number of carbonyl (C=O) groups is 2. The molecule has 1 atom stereocenters. The van der Waals surface area contributed by atoms with Gasteiger partial charge in [-0.3, -0.25) is 33.5 Å². The molecule has 3 aromatic heterocycles. The van der Waals surface area contributed by atoms with Gasteiger partial charge in [0, 0.05) is 74.1 Å². The van der Waals surface area contributed by atoms with Crippen molar-refractivity contribution in [3.8, 4) is 11.1 Å². The third-order valence-electron chi connectivity index (χ3n) is 12.0. The van der Waals surface area contributed by atoms with Crippen LogP contribution in [-0.4, -0.2) is 54.9 Å². The molecule has 3 aromatic carbocycles. The van der Waals surface area contributed by atoms with E-state index in [0.717, 1.165) is 64.7 Å². The zero-order valence-electron chi connectivity index (χ0n) is 31.5. The predicted octanol–water partition coefficient (Wildman–Crippen LogP) is 6.20. The van der Waals surface area contributed by atoms with Crippen molar-refractivity contribution in [2.75, 3.05) is 29.4 Å². The van der Waals surface area contributed by atoms with E-state index in [2.05, 4.69) is 15.1 Å². The van der Waals surface area contributed by atoms with Crippen LogP contribution in [0.2, 0.25) is 0 Å². The number of rotatable bonds is 6. The summed E-state index contributed by atoms with van der Waals surface area (Å²) in [6, 6.07) is 16.2. The number of hydrogen-bond acceptors (Lipinski definition) is 7. The van der Waals surface area contributed by atoms with Crippen molar-refractivity contribution in [3.63, 3.8) is 0 Å². The van der Waals surface area contributed by atoms with Gasteiger partial charge in [-0.2, -0.15) is 5.10 Å². The topological polar surface area (TPSA) is 119 Å². The van der Waals surface area contributed by atoms with Crippen molar-refractivity contribution in [3.05, 3.63) is 105 Å². The molecule has 0 bridgehead atoms. The number of imidazole rings is 1. The van der Waals surface area contributed by atoms with Crippen molar-refractivity contribution in [2.45, 2.75) is 64.0 Å². The van der Waals surface area contributed by atoms with Crippen LogP contribution >= 0.6 is 0 Å². The van der Waals surface area contributed by atoms with Crippen LogP contribution in [0.15, 0.2) is 76.6 Å². The largest absolute Gasteiger partial charge is 0.370 e. The van der Waals surface area contributed by atoms with Crippen LogP contribution in [0.5, 0.6) is 0 Å². The molecule has 12 nitrogen and oxygen atoms in total. The zero-order chi connectivity index (χ0) is 39.0. The number of benzene rings is 3. The van der Waals surface area contributed by atoms with Crippen LogP contribution in [0.1, 0.15) is 67.3 Å². The van der Waals surface area contributed by atoms with Gasteiger partial charge in [-0.15, -0.1) is 0 Å². The quantitative estimate of drug-likeness (QED) is 0.201. The van der Waals surface area contributed by atoms with Crippen molar-refractivity contribution >= 4 is 50.8 Å². The molecule has 0 saturated carbocycles. The molecule has 0 radical (unpaired) electrons. The van der Waals surface area contributed by atoms with Gasteiger partial charge >= 0.3 is 5.69 Å². The minimum Gasteiger partial charge on any atom is -0.370 e. The first-order chi connectivity index (χ1) is 27.0. The molecule has 1 unspecified atom stereocenters. The number of piperidine rings is 2. The molecule has 56 heavy (non-hydrogen) atoms. The number of carbonyl (C=O) groups excluding carboxylic acids is 2. The number of hydrogen-bond donors (Lipinski definition) is 1. The molecule has 1 N–H and O–H groups in total. The number of pyridine rings is 1. The molecule has 6 heterocycles. The molecular formula is C42H42F2N8O4. The van der Waals surface area contributed by atoms with Crippen molar-refractivity contribution in [2.24, 2.45) is 14.1 Å². The van der Waals surface area contributed by atoms with Gasteiger partial charge in [-0.05, 0) is 92.6 Å². The van der Waals surface area contributed by atoms with E-state index in [9.17, 15) is 28.0 Å². The Balaban J connectivity index is 0.980. The Morgan fingerprint density at radius 1 is 0.839 bits per heavy atom. The number of aryl methyl sites for hydroxylation is 4. The van der Waals surface area contributed by atoms with Gasteiger partial charge < -0.3 is 14.4 Å². The minimum atomic E-state index is -2.70. The highest BCUT2D eigenvalue weighted by Crippen LogP contribution is 2.43. The summed E-state index contributed by atoms with van der Waals surface area (Å²) in [5.41, 5.74) is 7.03. The summed E-state index contributed by atoms with van der Waals surface area (Å²) in [4.78, 5) is 55.1. The number of para-hydroxylation sites is 1. The Morgan fingerprint density at radius 2 is 1.59 bits per heavy atom. The SMILES string of the molecule is Cc1cc2c(N3CCCc4cc(-c5cnn(C6CCN(c7cccc8c7n(C)c(=O)n8C7CCC(=O)NC7=O)CC6)c5)c(C(F)F)cc43)cccc2n(C)c1=O. The highest BCUT2D eigenvalue weighted by Gasteiger charge is 2.33. The maximum absolute atomic E-state index is 14.9. The Kier molecular flexibility index (Phi) is 8.66. The summed E-state index contributed by atoms with van der Waals surface area (Å²) in [5, 5.41) is 7.96. The zero-order valence-corrected chi connectivity index (χ0v) is 31.5. The van der Waals surface area contributed by atoms with Crippen molar-refractivity contribution in [1.82, 2.24) is 28.8 Å². The van der Waals surface area contributed by atoms with Crippen LogP contribution in [-0.2, 0) is 30.1 Å². The molecule has 6 aromatic rings. The summed E-state index contributed by atoms with van der Waals surface area (Å²) in [6.45, 7) is 3.82. The predicted molar refractivity (Wildman–Crippen MR) is 211 cm³/mol. The fraction of sp³-hybridized carbons (Fsp3) is 0.357. The molecule has 2 fully saturated rings. The first-order valence-electron chi connectivity index (χ1n) is 19.1. The fourth-order valence-electron chi connectivity index (χ4n) is 9.15. The van der Waals surface area contributed by atoms with E-state index < -0.39 is 18.4 Å². The van der Waals surface area contributed by atoms with E-state index in [1.807, 2.05) is 59.4 Å². The number of nitrogens with one attached hydrogen (secondary N) is 1. The average Bonchev–Trinajstić information content (AvgIpc) is 3.79. The number of halogens is 2. The van der Waals surface area contributed by atoms with E-state index in [0.29, 0.717) is 41.8 Å². The third-order valence-corrected chi connectivity index (χ3v) is 12.0. The molecule has 2 amide bonds. The number of amides is 2. The van der Waals surface area contributed by atoms with E-state index in [-0.39, 0.29) is 41.6 Å². The first-order valence-corrected chi connectivity index (χ1v) is 19.1. The van der Waals surface area contributed by atoms with Crippen LogP contribution < -0.4 is 26.4 Å². The Morgan fingerprint density at radius 3 is 2.34 bits per heavy atom. The second-order valence-corrected chi connectivity index (χ2v) is 15.3. The summed E-state index contributed by atoms with van der Waals surface area (Å²) in [6.07, 6.45) is 4.40. The fourth-order valence-corrected chi connectivity index (χ4v) is 9.15. The minimum absolute atomic E-state index is 0.0446. The summed E-state index contributed by atoms with van der Waals surface area (Å²) in [5.74, 6) is -0.801. The van der Waals surface area contributed by atoms with E-state index >= 15 is 0 Å². The highest BCUT2D eigenvalue weighted by molar-refractivity contribution is 6.00. The number of alkyl halides is 2. The van der Waals surface area contributed by atoms with E-state index in [1.54, 1.807) is 42.4 Å². The molecule has 0 aliphatic carbocycles. The second kappa shape index (κ2) is 13.6. The highest BCUT2D eigenvalue weighted by atomic mass is 19.3. The Bertz CT molecular complexity index is 2700. The first kappa shape index (κ1) is 35.6. The van der Waals surface area contributed by atoms with Crippen molar-refractivity contribution < 1.29 is 18.4 Å². The van der Waals surface area contributed by atoms with Gasteiger partial charge in [-0.1, -0.05) is 12.1 Å². The van der Waals surface area contributed by atoms with Gasteiger partial charge in [0.1, 0.15) is 6.04 Å². The summed E-state index contributed by atoms with van der Waals surface area (Å²) >= 11 is 0. The lowest BCUT2D eigenvalue weighted by molar-refractivity contribution is -0.135. The lowest BCUT2D eigenvalue weighted by Crippen LogP contribution is -2.44. The monoisotopic (exact) mass is 760 g/mol. The number of anilines is 3. The third kappa shape index (κ3) is 5.72. The second-order valence-electron chi connectivity index (χ2n) is 15.3. The lowest BCUT2D eigenvalue weighted by Gasteiger charge is -2.34. The van der Waals surface area contributed by atoms with Crippen LogP contribution in [0, 0.1) is 6.92 Å². The maximum atomic E-state index is 14.9. The maximum Gasteiger partial charge on any atom is 0.329 e. The van der Waals surface area contributed by atoms with Gasteiger partial charge in [0.05, 0.1) is 40.2 Å². The molecular weight excluding hydrogens is 719 g/mol. The van der Waals surface area contributed by atoms with Crippen LogP contribution in [0.4, 0.5) is 25.8 Å². The molecule has 14 heteroatoms. The van der Waals surface area contributed by atoms with Gasteiger partial charge in [-0.25, -0.2) is 13.6 Å². The Labute approximate surface area is 320 Å². The molecule has 3 aliphatic heterocycles. The summed E-state index contributed by atoms with van der Waals surface area (Å²) < 4.78 is 36.5. The van der Waals surface area contributed by atoms with Crippen molar-refractivity contribution in [1.29, 1.82) is 0 Å². The Hall–Kier alpha value is -6.05. The summed E-state index contributed by atoms with van der Waals surface area (Å²) in [7, 11) is 3.46. The normalized spacial score (nSPS) is 18.0. The smallest absolute Gasteiger partial charge is 0.329 e. The van der Waals surface area contributed by atoms with Crippen LogP contribution in [0.3, 0.4) is 0 Å². The molecule has 9 rings (SSSR count). The van der Waals surface area contributed by atoms with Gasteiger partial charge in [0.15, 0.2) is 0 Å². The number of nitrogens with zero attached hydrogens (tertiary/aromatic N) is 7. The molecule has 3 aliphatic rings. The molecule has 0 spiro atoms. The standard InChI is InChI=1S/C42H42F2N8O4/c1-24-19-30-31(47(2)41(24)55)8-4-9-32(30)50-16-6-7-25-20-28(29(39(43)44)21-36(25)50)26-22-45-51(23-26)27-14-17-49(18-15-27)33-10-5-11-34-38(33)48(3)42(56)52(34)35-12-13-37(53)46-40(35)54/h4-5,8-11,19-23,27,35,39H,6-7,12-18H2,1-3H3,(H,46,53,54). The molecule has 288 valence electrons. The molecule has 2 saturated heterocycles. The van der Waals surface area contributed by atoms with E-state index in [1.165, 1.54) is 4.57 Å².